The third-order valence-electron chi connectivity index (χ3n) is 6.03. The summed E-state index contributed by atoms with van der Waals surface area (Å²) in [4.78, 5) is 10.9. The maximum absolute atomic E-state index is 11.4. The van der Waals surface area contributed by atoms with Gasteiger partial charge in [0.15, 0.2) is 0 Å². The van der Waals surface area contributed by atoms with E-state index in [2.05, 4.69) is 40.8 Å². The molecule has 3 heterocycles. The van der Waals surface area contributed by atoms with Gasteiger partial charge in [0.2, 0.25) is 5.88 Å². The van der Waals surface area contributed by atoms with Crippen molar-refractivity contribution in [1.29, 1.82) is 0 Å². The first kappa shape index (κ1) is 21.6. The Balaban J connectivity index is 1.48. The third-order valence-corrected chi connectivity index (χ3v) is 6.03. The number of aryl methyl sites for hydroxylation is 2. The van der Waals surface area contributed by atoms with Gasteiger partial charge in [0.25, 0.3) is 0 Å². The van der Waals surface area contributed by atoms with Gasteiger partial charge in [-0.3, -0.25) is 4.90 Å². The zero-order valence-electron chi connectivity index (χ0n) is 18.8. The largest absolute Gasteiger partial charge is 0.478 e. The monoisotopic (exact) mass is 425 g/mol. The van der Waals surface area contributed by atoms with Crippen LogP contribution in [0, 0.1) is 13.8 Å². The molecule has 2 aromatic heterocycles. The maximum atomic E-state index is 11.4. The number of benzene rings is 1. The molecule has 3 aromatic rings. The Labute approximate surface area is 183 Å². The van der Waals surface area contributed by atoms with Gasteiger partial charge < -0.3 is 19.0 Å². The highest BCUT2D eigenvalue weighted by Crippen LogP contribution is 2.38. The minimum atomic E-state index is -1.02. The Hall–Kier alpha value is -2.64. The molecule has 1 saturated heterocycles. The van der Waals surface area contributed by atoms with Crippen LogP contribution >= 0.6 is 0 Å². The zero-order valence-corrected chi connectivity index (χ0v) is 18.8. The van der Waals surface area contributed by atoms with E-state index >= 15 is 0 Å². The molecule has 31 heavy (non-hydrogen) atoms. The topological polar surface area (TPSA) is 80.9 Å². The van der Waals surface area contributed by atoms with Crippen molar-refractivity contribution in [2.24, 2.45) is 0 Å². The summed E-state index contributed by atoms with van der Waals surface area (Å²) in [5, 5.41) is 12.6. The fourth-order valence-electron chi connectivity index (χ4n) is 4.21. The molecule has 1 N–H and O–H groups in total. The Morgan fingerprint density at radius 3 is 2.58 bits per heavy atom. The second-order valence-corrected chi connectivity index (χ2v) is 8.20. The molecule has 7 nitrogen and oxygen atoms in total. The summed E-state index contributed by atoms with van der Waals surface area (Å²) in [7, 11) is 0. The Bertz CT molecular complexity index is 1050. The van der Waals surface area contributed by atoms with E-state index in [1.807, 2.05) is 19.9 Å². The van der Waals surface area contributed by atoms with Crippen LogP contribution in [0.2, 0.25) is 0 Å². The maximum Gasteiger partial charge on any atom is 0.319 e. The Morgan fingerprint density at radius 2 is 1.87 bits per heavy atom. The first-order valence-corrected chi connectivity index (χ1v) is 11.0. The number of rotatable bonds is 7. The van der Waals surface area contributed by atoms with Crippen LogP contribution in [-0.2, 0) is 12.1 Å². The fraction of sp³-hybridized carbons (Fsp3) is 0.500. The van der Waals surface area contributed by atoms with E-state index in [9.17, 15) is 5.11 Å². The average molecular weight is 426 g/mol. The van der Waals surface area contributed by atoms with E-state index in [1.165, 1.54) is 16.5 Å². The molecule has 166 valence electrons. The smallest absolute Gasteiger partial charge is 0.319 e. The van der Waals surface area contributed by atoms with E-state index < -0.39 is 5.60 Å². The van der Waals surface area contributed by atoms with E-state index in [0.29, 0.717) is 37.5 Å². The van der Waals surface area contributed by atoms with Gasteiger partial charge in [0.1, 0.15) is 11.3 Å². The minimum Gasteiger partial charge on any atom is -0.478 e. The standard InChI is InChI=1S/C24H31N3O4/c1-5-29-22-19(14-25-23(26-22)30-6-2)24(28)9-11-27(12-10-24)15-21-17(4)18-13-16(3)7-8-20(18)31-21/h7-8,13-14,28H,5-6,9-12,15H2,1-4H3. The van der Waals surface area contributed by atoms with Gasteiger partial charge in [-0.2, -0.15) is 4.98 Å². The SMILES string of the molecule is CCOc1ncc(C2(O)CCN(Cc3oc4ccc(C)cc4c3C)CC2)c(OCC)n1. The van der Waals surface area contributed by atoms with Crippen LogP contribution in [0.25, 0.3) is 11.0 Å². The molecule has 0 saturated carbocycles. The van der Waals surface area contributed by atoms with Crippen molar-refractivity contribution >= 4 is 11.0 Å². The van der Waals surface area contributed by atoms with Gasteiger partial charge in [0.05, 0.1) is 30.9 Å². The molecule has 0 atom stereocenters. The van der Waals surface area contributed by atoms with Crippen molar-refractivity contribution in [3.8, 4) is 11.9 Å². The molecule has 0 aliphatic carbocycles. The number of fused-ring (bicyclic) bond motifs is 1. The van der Waals surface area contributed by atoms with Crippen LogP contribution in [0.1, 0.15) is 49.1 Å². The normalized spacial score (nSPS) is 16.5. The van der Waals surface area contributed by atoms with Crippen LogP contribution < -0.4 is 9.47 Å². The number of likely N-dealkylation sites (tertiary alicyclic amines) is 1. The number of aliphatic hydroxyl groups is 1. The molecule has 1 aliphatic heterocycles. The number of hydrogen-bond acceptors (Lipinski definition) is 7. The highest BCUT2D eigenvalue weighted by Gasteiger charge is 2.38. The van der Waals surface area contributed by atoms with Crippen molar-refractivity contribution < 1.29 is 19.0 Å². The molecule has 0 bridgehead atoms. The summed E-state index contributed by atoms with van der Waals surface area (Å²) >= 11 is 0. The zero-order chi connectivity index (χ0) is 22.0. The second kappa shape index (κ2) is 8.85. The Kier molecular flexibility index (Phi) is 6.16. The molecule has 0 unspecified atom stereocenters. The number of aromatic nitrogens is 2. The second-order valence-electron chi connectivity index (χ2n) is 8.20. The van der Waals surface area contributed by atoms with Crippen LogP contribution in [-0.4, -0.2) is 46.3 Å². The first-order valence-electron chi connectivity index (χ1n) is 11.0. The summed E-state index contributed by atoms with van der Waals surface area (Å²) in [6.07, 6.45) is 2.79. The molecule has 1 aliphatic rings. The molecule has 7 heteroatoms. The fourth-order valence-corrected chi connectivity index (χ4v) is 4.21. The van der Waals surface area contributed by atoms with Crippen LogP contribution in [0.3, 0.4) is 0 Å². The van der Waals surface area contributed by atoms with Crippen molar-refractivity contribution in [3.63, 3.8) is 0 Å². The predicted molar refractivity (Wildman–Crippen MR) is 118 cm³/mol. The molecule has 0 amide bonds. The minimum absolute atomic E-state index is 0.270. The predicted octanol–water partition coefficient (Wildman–Crippen LogP) is 4.12. The molecule has 0 spiro atoms. The van der Waals surface area contributed by atoms with Gasteiger partial charge in [-0.1, -0.05) is 11.6 Å². The molecule has 4 rings (SSSR count). The number of piperidine rings is 1. The molecule has 0 radical (unpaired) electrons. The van der Waals surface area contributed by atoms with Gasteiger partial charge >= 0.3 is 6.01 Å². The molecule has 1 aromatic carbocycles. The van der Waals surface area contributed by atoms with Gasteiger partial charge in [0, 0.05) is 24.7 Å². The molecular formula is C24H31N3O4. The number of hydrogen-bond donors (Lipinski definition) is 1. The van der Waals surface area contributed by atoms with Crippen LogP contribution in [0.5, 0.6) is 11.9 Å². The summed E-state index contributed by atoms with van der Waals surface area (Å²) in [5.74, 6) is 1.39. The highest BCUT2D eigenvalue weighted by atomic mass is 16.5. The van der Waals surface area contributed by atoms with Crippen molar-refractivity contribution in [3.05, 3.63) is 46.8 Å². The third kappa shape index (κ3) is 4.38. The van der Waals surface area contributed by atoms with Gasteiger partial charge in [-0.25, -0.2) is 4.98 Å². The van der Waals surface area contributed by atoms with Crippen LogP contribution in [0.15, 0.2) is 28.8 Å². The number of nitrogens with zero attached hydrogens (tertiary/aromatic N) is 3. The van der Waals surface area contributed by atoms with E-state index in [-0.39, 0.29) is 6.01 Å². The lowest BCUT2D eigenvalue weighted by atomic mass is 9.85. The van der Waals surface area contributed by atoms with Gasteiger partial charge in [-0.15, -0.1) is 0 Å². The van der Waals surface area contributed by atoms with E-state index in [1.54, 1.807) is 6.20 Å². The summed E-state index contributed by atoms with van der Waals surface area (Å²) in [6, 6.07) is 6.56. The molecule has 1 fully saturated rings. The molecular weight excluding hydrogens is 394 g/mol. The summed E-state index contributed by atoms with van der Waals surface area (Å²) in [5.41, 5.74) is 2.96. The summed E-state index contributed by atoms with van der Waals surface area (Å²) in [6.45, 7) is 11.1. The van der Waals surface area contributed by atoms with Crippen molar-refractivity contribution in [2.45, 2.75) is 52.7 Å². The Morgan fingerprint density at radius 1 is 1.13 bits per heavy atom. The number of furan rings is 1. The van der Waals surface area contributed by atoms with E-state index in [4.69, 9.17) is 13.9 Å². The first-order chi connectivity index (χ1) is 14.9. The lowest BCUT2D eigenvalue weighted by Gasteiger charge is -2.38. The van der Waals surface area contributed by atoms with Crippen molar-refractivity contribution in [2.75, 3.05) is 26.3 Å². The van der Waals surface area contributed by atoms with Gasteiger partial charge in [-0.05, 0) is 58.2 Å². The highest BCUT2D eigenvalue weighted by molar-refractivity contribution is 5.82. The summed E-state index contributed by atoms with van der Waals surface area (Å²) < 4.78 is 17.2. The quantitative estimate of drug-likeness (QED) is 0.610. The van der Waals surface area contributed by atoms with Crippen LogP contribution in [0.4, 0.5) is 0 Å². The van der Waals surface area contributed by atoms with E-state index in [0.717, 1.165) is 31.0 Å². The lowest BCUT2D eigenvalue weighted by Crippen LogP contribution is -2.42. The average Bonchev–Trinajstić information content (AvgIpc) is 3.05. The van der Waals surface area contributed by atoms with Crippen molar-refractivity contribution in [1.82, 2.24) is 14.9 Å². The number of ether oxygens (including phenoxy) is 2. The lowest BCUT2D eigenvalue weighted by molar-refractivity contribution is -0.0314.